The van der Waals surface area contributed by atoms with Gasteiger partial charge >= 0.3 is 0 Å². The number of primary sulfonamides is 1. The quantitative estimate of drug-likeness (QED) is 0.665. The number of benzene rings is 1. The second-order valence-electron chi connectivity index (χ2n) is 9.23. The average Bonchev–Trinajstić information content (AvgIpc) is 2.40. The van der Waals surface area contributed by atoms with Crippen LogP contribution in [0.25, 0.3) is 0 Å². The summed E-state index contributed by atoms with van der Waals surface area (Å²) in [6, 6.07) is 4.07. The molecule has 0 radical (unpaired) electrons. The van der Waals surface area contributed by atoms with Crippen LogP contribution in [0.4, 0.5) is 0 Å². The third kappa shape index (κ3) is 6.65. The summed E-state index contributed by atoms with van der Waals surface area (Å²) < 4.78 is 57.9. The van der Waals surface area contributed by atoms with Crippen molar-refractivity contribution >= 4 is 28.4 Å². The molecule has 0 aromatic heterocycles. The minimum absolute atomic E-state index is 0.00373. The summed E-state index contributed by atoms with van der Waals surface area (Å²) >= 11 is 0. The van der Waals surface area contributed by atoms with Gasteiger partial charge in [-0.15, -0.1) is 0 Å². The standard InChI is InChI=1S/C17H32N2O5S2Si/c1-16(2,3)19-26(22,23)15-11-13(9-10-14(15)25(18,20)21)12-24-27(7,8)17(4,5)6/h9-11,19H,12H2,1-8H3,(H2,18,20,21). The largest absolute Gasteiger partial charge is 0.413 e. The molecule has 0 unspecified atom stereocenters. The van der Waals surface area contributed by atoms with E-state index in [9.17, 15) is 16.8 Å². The fourth-order valence-electron chi connectivity index (χ4n) is 2.03. The molecule has 0 heterocycles. The molecule has 1 rings (SSSR count). The summed E-state index contributed by atoms with van der Waals surface area (Å²) in [5.41, 5.74) is -0.205. The Bertz CT molecular complexity index is 896. The summed E-state index contributed by atoms with van der Waals surface area (Å²) in [6.45, 7) is 15.7. The molecule has 10 heteroatoms. The Labute approximate surface area is 164 Å². The van der Waals surface area contributed by atoms with Gasteiger partial charge in [-0.1, -0.05) is 26.8 Å². The summed E-state index contributed by atoms with van der Waals surface area (Å²) in [7, 11) is -10.3. The van der Waals surface area contributed by atoms with E-state index in [1.165, 1.54) is 18.2 Å². The highest BCUT2D eigenvalue weighted by Crippen LogP contribution is 2.37. The van der Waals surface area contributed by atoms with Crippen molar-refractivity contribution in [2.75, 3.05) is 0 Å². The van der Waals surface area contributed by atoms with Crippen LogP contribution in [0.3, 0.4) is 0 Å². The number of sulfonamides is 2. The fourth-order valence-corrected chi connectivity index (χ4v) is 5.82. The van der Waals surface area contributed by atoms with Crippen LogP contribution in [0.1, 0.15) is 47.1 Å². The summed E-state index contributed by atoms with van der Waals surface area (Å²) in [6.07, 6.45) is 0. The summed E-state index contributed by atoms with van der Waals surface area (Å²) in [4.78, 5) is -0.799. The normalized spacial score (nSPS) is 14.4. The van der Waals surface area contributed by atoms with E-state index in [0.717, 1.165) is 0 Å². The maximum absolute atomic E-state index is 12.8. The van der Waals surface area contributed by atoms with E-state index in [1.807, 2.05) is 0 Å². The minimum atomic E-state index is -4.21. The molecule has 0 aliphatic rings. The molecule has 1 aromatic rings. The molecule has 0 spiro atoms. The van der Waals surface area contributed by atoms with Crippen molar-refractivity contribution in [3.05, 3.63) is 23.8 Å². The van der Waals surface area contributed by atoms with Crippen molar-refractivity contribution in [2.45, 2.75) is 81.6 Å². The van der Waals surface area contributed by atoms with Gasteiger partial charge in [-0.2, -0.15) is 0 Å². The molecule has 1 aromatic carbocycles. The lowest BCUT2D eigenvalue weighted by molar-refractivity contribution is 0.276. The van der Waals surface area contributed by atoms with E-state index in [1.54, 1.807) is 20.8 Å². The van der Waals surface area contributed by atoms with Crippen molar-refractivity contribution in [3.63, 3.8) is 0 Å². The molecule has 27 heavy (non-hydrogen) atoms. The Morgan fingerprint density at radius 1 is 1.00 bits per heavy atom. The lowest BCUT2D eigenvalue weighted by Gasteiger charge is -2.36. The third-order valence-electron chi connectivity index (χ3n) is 4.45. The molecule has 0 saturated heterocycles. The molecule has 0 saturated carbocycles. The van der Waals surface area contributed by atoms with Gasteiger partial charge in [0, 0.05) is 5.54 Å². The number of hydrogen-bond donors (Lipinski definition) is 2. The van der Waals surface area contributed by atoms with Crippen LogP contribution < -0.4 is 9.86 Å². The average molecular weight is 437 g/mol. The molecule has 0 amide bonds. The van der Waals surface area contributed by atoms with E-state index < -0.39 is 38.8 Å². The maximum atomic E-state index is 12.8. The molecule has 0 aliphatic carbocycles. The first-order valence-corrected chi connectivity index (χ1v) is 14.5. The van der Waals surface area contributed by atoms with Crippen LogP contribution in [0.15, 0.2) is 28.0 Å². The summed E-state index contributed by atoms with van der Waals surface area (Å²) in [5.74, 6) is 0. The van der Waals surface area contributed by atoms with Crippen LogP contribution in [0.2, 0.25) is 18.1 Å². The fraction of sp³-hybridized carbons (Fsp3) is 0.647. The van der Waals surface area contributed by atoms with Gasteiger partial charge in [0.25, 0.3) is 0 Å². The van der Waals surface area contributed by atoms with Gasteiger partial charge < -0.3 is 4.43 Å². The monoisotopic (exact) mass is 436 g/mol. The number of nitrogens with one attached hydrogen (secondary N) is 1. The Hall–Kier alpha value is -0.783. The topological polar surface area (TPSA) is 116 Å². The zero-order valence-electron chi connectivity index (χ0n) is 17.4. The smallest absolute Gasteiger partial charge is 0.242 e. The first-order valence-electron chi connectivity index (χ1n) is 8.60. The molecule has 0 fully saturated rings. The van der Waals surface area contributed by atoms with Gasteiger partial charge in [0.1, 0.15) is 9.79 Å². The molecule has 156 valence electrons. The van der Waals surface area contributed by atoms with Crippen LogP contribution >= 0.6 is 0 Å². The van der Waals surface area contributed by atoms with Crippen LogP contribution in [-0.2, 0) is 31.1 Å². The highest BCUT2D eigenvalue weighted by Gasteiger charge is 2.37. The van der Waals surface area contributed by atoms with Gasteiger partial charge in [0.15, 0.2) is 8.32 Å². The Balaban J connectivity index is 3.39. The van der Waals surface area contributed by atoms with Crippen molar-refractivity contribution in [3.8, 4) is 0 Å². The molecular weight excluding hydrogens is 404 g/mol. The molecular formula is C17H32N2O5S2Si. The van der Waals surface area contributed by atoms with Crippen LogP contribution in [0.5, 0.6) is 0 Å². The van der Waals surface area contributed by atoms with Crippen molar-refractivity contribution in [1.29, 1.82) is 0 Å². The van der Waals surface area contributed by atoms with E-state index in [2.05, 4.69) is 38.6 Å². The Morgan fingerprint density at radius 2 is 1.52 bits per heavy atom. The number of nitrogens with two attached hydrogens (primary N) is 1. The van der Waals surface area contributed by atoms with Gasteiger partial charge in [0.05, 0.1) is 6.61 Å². The summed E-state index contributed by atoms with van der Waals surface area (Å²) in [5, 5.41) is 5.22. The molecule has 3 N–H and O–H groups in total. The lowest BCUT2D eigenvalue weighted by Crippen LogP contribution is -2.41. The van der Waals surface area contributed by atoms with Crippen molar-refractivity contribution in [2.24, 2.45) is 5.14 Å². The maximum Gasteiger partial charge on any atom is 0.242 e. The van der Waals surface area contributed by atoms with Gasteiger partial charge in [-0.05, 0) is 56.6 Å². The Kier molecular flexibility index (Phi) is 6.80. The van der Waals surface area contributed by atoms with Crippen molar-refractivity contribution in [1.82, 2.24) is 4.72 Å². The van der Waals surface area contributed by atoms with Crippen LogP contribution in [-0.4, -0.2) is 30.7 Å². The van der Waals surface area contributed by atoms with E-state index in [-0.39, 0.29) is 16.5 Å². The molecule has 0 aliphatic heterocycles. The molecule has 0 bridgehead atoms. The van der Waals surface area contributed by atoms with Gasteiger partial charge in [-0.3, -0.25) is 0 Å². The second kappa shape index (κ2) is 7.56. The first-order chi connectivity index (χ1) is 11.8. The van der Waals surface area contributed by atoms with Crippen LogP contribution in [0, 0.1) is 0 Å². The zero-order valence-corrected chi connectivity index (χ0v) is 20.0. The van der Waals surface area contributed by atoms with Gasteiger partial charge in [-0.25, -0.2) is 26.7 Å². The predicted molar refractivity (Wildman–Crippen MR) is 110 cm³/mol. The highest BCUT2D eigenvalue weighted by atomic mass is 32.2. The highest BCUT2D eigenvalue weighted by molar-refractivity contribution is 7.92. The second-order valence-corrected chi connectivity index (χ2v) is 17.2. The third-order valence-corrected chi connectivity index (χ3v) is 11.8. The molecule has 0 atom stereocenters. The van der Waals surface area contributed by atoms with E-state index in [4.69, 9.17) is 9.56 Å². The Morgan fingerprint density at radius 3 is 1.93 bits per heavy atom. The number of rotatable bonds is 6. The SMILES string of the molecule is CC(C)(C)NS(=O)(=O)c1cc(CO[Si](C)(C)C(C)(C)C)ccc1S(N)(=O)=O. The van der Waals surface area contributed by atoms with Gasteiger partial charge in [0.2, 0.25) is 20.0 Å². The predicted octanol–water partition coefficient (Wildman–Crippen LogP) is 2.93. The zero-order chi connectivity index (χ0) is 21.5. The molecule has 7 nitrogen and oxygen atoms in total. The van der Waals surface area contributed by atoms with E-state index >= 15 is 0 Å². The van der Waals surface area contributed by atoms with Crippen molar-refractivity contribution < 1.29 is 21.3 Å². The minimum Gasteiger partial charge on any atom is -0.413 e. The number of hydrogen-bond acceptors (Lipinski definition) is 5. The first kappa shape index (κ1) is 24.3. The van der Waals surface area contributed by atoms with E-state index in [0.29, 0.717) is 5.56 Å². The lowest BCUT2D eigenvalue weighted by atomic mass is 10.1.